The number of hydrogen-bond donors (Lipinski definition) is 2. The van der Waals surface area contributed by atoms with Crippen LogP contribution in [0.15, 0.2) is 47.6 Å². The molecule has 3 heterocycles. The van der Waals surface area contributed by atoms with Gasteiger partial charge in [-0.15, -0.1) is 0 Å². The van der Waals surface area contributed by atoms with Crippen molar-refractivity contribution in [1.29, 1.82) is 0 Å². The van der Waals surface area contributed by atoms with Crippen molar-refractivity contribution in [2.24, 2.45) is 35.5 Å². The van der Waals surface area contributed by atoms with Gasteiger partial charge in [-0.25, -0.2) is 4.79 Å². The van der Waals surface area contributed by atoms with Gasteiger partial charge >= 0.3 is 13.6 Å². The number of cyclic esters (lactones) is 1. The molecule has 2 N–H and O–H groups in total. The van der Waals surface area contributed by atoms with E-state index >= 15 is 0 Å². The molecule has 1 amide bonds. The number of nitrogens with zero attached hydrogens (tertiary/aromatic N) is 1. The molecule has 0 aromatic rings. The van der Waals surface area contributed by atoms with E-state index in [1.54, 1.807) is 41.1 Å². The fourth-order valence-corrected chi connectivity index (χ4v) is 12.1. The first-order valence-corrected chi connectivity index (χ1v) is 29.0. The lowest BCUT2D eigenvalue weighted by atomic mass is 9.78. The summed E-state index contributed by atoms with van der Waals surface area (Å²) >= 11 is 0. The smallest absolute Gasteiger partial charge is 0.329 e. The molecule has 3 aliphatic heterocycles. The summed E-state index contributed by atoms with van der Waals surface area (Å²) in [6.45, 7) is 16.9. The van der Waals surface area contributed by atoms with Crippen LogP contribution in [-0.4, -0.2) is 153 Å². The van der Waals surface area contributed by atoms with Crippen LogP contribution in [0.5, 0.6) is 0 Å². The van der Waals surface area contributed by atoms with E-state index in [2.05, 4.69) is 0 Å². The minimum Gasteiger partial charge on any atom is -0.460 e. The zero-order chi connectivity index (χ0) is 54.9. The first-order valence-electron chi connectivity index (χ1n) is 27.0. The minimum absolute atomic E-state index is 0.00529. The van der Waals surface area contributed by atoms with Gasteiger partial charge in [0.05, 0.1) is 43.7 Å². The lowest BCUT2D eigenvalue weighted by Gasteiger charge is -2.42. The van der Waals surface area contributed by atoms with Crippen LogP contribution >= 0.6 is 7.60 Å². The van der Waals surface area contributed by atoms with E-state index in [4.69, 9.17) is 37.5 Å². The lowest BCUT2D eigenvalue weighted by Crippen LogP contribution is -2.61. The second-order valence-electron chi connectivity index (χ2n) is 21.5. The third-order valence-electron chi connectivity index (χ3n) is 15.5. The summed E-state index contributed by atoms with van der Waals surface area (Å²) in [5, 5.41) is 23.6. The number of carbonyl (C=O) groups is 5. The maximum Gasteiger partial charge on any atom is 0.329 e. The first kappa shape index (κ1) is 63.3. The number of piperidine rings is 1. The normalized spacial score (nSPS) is 36.3. The number of aliphatic hydroxyl groups is 2. The molecule has 0 radical (unpaired) electrons. The van der Waals surface area contributed by atoms with E-state index in [9.17, 15) is 38.8 Å². The number of hydrogen-bond acceptors (Lipinski definition) is 16. The van der Waals surface area contributed by atoms with Crippen LogP contribution in [0, 0.1) is 35.5 Å². The minimum atomic E-state index is -3.44. The van der Waals surface area contributed by atoms with Gasteiger partial charge in [-0.3, -0.25) is 23.7 Å². The standard InChI is InChI=1S/C56H90NO16P/c1-13-69-27-28-70-74(12,65)73-46-25-23-42(32-49(46)67-10)31-38(5)48-34-45(58)37(4)30-40(7)51(60)52(68-11)50(59)39(6)29-35(2)19-15-14-16-20-36(3)47(66-9)33-43-24-22-41(8)56(64,72-43)53(61)54(62)57-26-18-17-21-44(57)55(63)71-48/h14-16,19-20,30,35,38-44,46-49,51-52,60,64H,13,17-18,21-29,31-34H2,1-12H3/b16-14?,19-15?,36-20?,37-30+/t35-,38-,39-,40?,41-,42+,43+,44?,46-,47+,48+,49-,51-,52+,56?,74?/m1/s1. The van der Waals surface area contributed by atoms with Gasteiger partial charge in [-0.1, -0.05) is 71.1 Å². The Bertz CT molecular complexity index is 2040. The van der Waals surface area contributed by atoms with Gasteiger partial charge in [0.2, 0.25) is 5.79 Å². The SMILES string of the molecule is CCOCCOP(C)(=O)O[C@@H]1CC[C@@H](C[C@@H](C)[C@@H]2CC(=O)/C(C)=C/C(C)[C@@H](O)[C@@H](OC)C(=O)[C@H](C)C[C@H](C)C=CC=CC=C(C)[C@@H](OC)C[C@@H]3CC[C@@H](C)C(O)(O3)C(=O)C(=O)N3CCCCC3C(=O)O2)C[C@H]1OC. The lowest BCUT2D eigenvalue weighted by molar-refractivity contribution is -0.265. The molecule has 1 saturated carbocycles. The molecular formula is C56H90NO16P. The molecule has 16 atom stereocenters. The average molecular weight is 1060 g/mol. The fourth-order valence-electron chi connectivity index (χ4n) is 10.9. The van der Waals surface area contributed by atoms with Crippen LogP contribution in [-0.2, 0) is 66.0 Å². The largest absolute Gasteiger partial charge is 0.460 e. The van der Waals surface area contributed by atoms with Gasteiger partial charge in [0.15, 0.2) is 11.6 Å². The van der Waals surface area contributed by atoms with Gasteiger partial charge in [0.1, 0.15) is 18.2 Å². The van der Waals surface area contributed by atoms with Gasteiger partial charge in [-0.05, 0) is 114 Å². The Balaban J connectivity index is 1.68. The Morgan fingerprint density at radius 2 is 1.61 bits per heavy atom. The number of Topliss-reactive ketones (excluding diaryl/α,β-unsaturated/α-hetero) is 3. The number of allylic oxidation sites excluding steroid dienone is 6. The van der Waals surface area contributed by atoms with Crippen molar-refractivity contribution in [2.75, 3.05) is 54.4 Å². The molecular weight excluding hydrogens is 974 g/mol. The number of amides is 1. The number of aliphatic hydroxyl groups excluding tert-OH is 1. The van der Waals surface area contributed by atoms with Crippen LogP contribution in [0.1, 0.15) is 132 Å². The van der Waals surface area contributed by atoms with Crippen molar-refractivity contribution in [3.63, 3.8) is 0 Å². The Labute approximate surface area is 441 Å². The number of esters is 1. The van der Waals surface area contributed by atoms with Crippen LogP contribution < -0.4 is 0 Å². The summed E-state index contributed by atoms with van der Waals surface area (Å²) in [5.41, 5.74) is 1.16. The number of carbonyl (C=O) groups excluding carboxylic acids is 5. The first-order chi connectivity index (χ1) is 35.0. The van der Waals surface area contributed by atoms with Crippen molar-refractivity contribution in [1.82, 2.24) is 4.90 Å². The molecule has 74 heavy (non-hydrogen) atoms. The highest BCUT2D eigenvalue weighted by Crippen LogP contribution is 2.48. The summed E-state index contributed by atoms with van der Waals surface area (Å²) in [7, 11) is 1.08. The fraction of sp³-hybridized carbons (Fsp3) is 0.768. The molecule has 4 aliphatic rings. The third kappa shape index (κ3) is 17.9. The van der Waals surface area contributed by atoms with Crippen LogP contribution in [0.4, 0.5) is 0 Å². The van der Waals surface area contributed by atoms with E-state index in [0.29, 0.717) is 70.8 Å². The van der Waals surface area contributed by atoms with Crippen LogP contribution in [0.25, 0.3) is 0 Å². The zero-order valence-electron chi connectivity index (χ0n) is 46.4. The molecule has 0 aromatic heterocycles. The van der Waals surface area contributed by atoms with Gasteiger partial charge < -0.3 is 52.6 Å². The Hall–Kier alpha value is -3.22. The van der Waals surface area contributed by atoms with E-state index in [-0.39, 0.29) is 61.6 Å². The molecule has 0 spiro atoms. The number of fused-ring (bicyclic) bond motifs is 3. The molecule has 4 unspecified atom stereocenters. The highest BCUT2D eigenvalue weighted by molar-refractivity contribution is 7.53. The molecule has 17 nitrogen and oxygen atoms in total. The summed E-state index contributed by atoms with van der Waals surface area (Å²) in [6, 6.07) is -1.18. The zero-order valence-corrected chi connectivity index (χ0v) is 47.3. The highest BCUT2D eigenvalue weighted by atomic mass is 31.2. The molecule has 3 fully saturated rings. The number of ether oxygens (including phenoxy) is 6. The predicted molar refractivity (Wildman–Crippen MR) is 280 cm³/mol. The van der Waals surface area contributed by atoms with Crippen molar-refractivity contribution < 1.29 is 76.2 Å². The number of methoxy groups -OCH3 is 3. The van der Waals surface area contributed by atoms with Gasteiger partial charge in [-0.2, -0.15) is 0 Å². The average Bonchev–Trinajstić information content (AvgIpc) is 3.36. The maximum atomic E-state index is 14.6. The number of ketones is 3. The van der Waals surface area contributed by atoms with Crippen molar-refractivity contribution in [3.8, 4) is 0 Å². The monoisotopic (exact) mass is 1060 g/mol. The van der Waals surface area contributed by atoms with Crippen molar-refractivity contribution in [2.45, 2.75) is 187 Å². The van der Waals surface area contributed by atoms with E-state index < -0.39 is 103 Å². The molecule has 2 saturated heterocycles. The van der Waals surface area contributed by atoms with Crippen LogP contribution in [0.3, 0.4) is 0 Å². The van der Waals surface area contributed by atoms with E-state index in [0.717, 1.165) is 5.57 Å². The molecule has 420 valence electrons. The second kappa shape index (κ2) is 30.1. The Morgan fingerprint density at radius 3 is 2.28 bits per heavy atom. The van der Waals surface area contributed by atoms with Crippen molar-refractivity contribution in [3.05, 3.63) is 47.6 Å². The summed E-state index contributed by atoms with van der Waals surface area (Å²) in [4.78, 5) is 72.5. The molecule has 0 aromatic carbocycles. The second-order valence-corrected chi connectivity index (χ2v) is 23.5. The Morgan fingerprint density at radius 1 is 0.878 bits per heavy atom. The van der Waals surface area contributed by atoms with Crippen molar-refractivity contribution >= 4 is 36.8 Å². The number of rotatable bonds is 13. The Kier molecular flexibility index (Phi) is 25.7. The van der Waals surface area contributed by atoms with Gasteiger partial charge in [0.25, 0.3) is 11.7 Å². The van der Waals surface area contributed by atoms with Gasteiger partial charge in [0, 0.05) is 71.7 Å². The topological polar surface area (TPSA) is 220 Å². The summed E-state index contributed by atoms with van der Waals surface area (Å²) in [6.07, 6.45) is 10.7. The molecule has 2 bridgehead atoms. The molecule has 1 aliphatic carbocycles. The molecule has 4 rings (SSSR count). The third-order valence-corrected chi connectivity index (χ3v) is 16.9. The quantitative estimate of drug-likeness (QED) is 0.0770. The van der Waals surface area contributed by atoms with E-state index in [1.165, 1.54) is 18.7 Å². The summed E-state index contributed by atoms with van der Waals surface area (Å²) in [5.74, 6) is -8.31. The predicted octanol–water partition coefficient (Wildman–Crippen LogP) is 8.08. The molecule has 18 heteroatoms. The van der Waals surface area contributed by atoms with Crippen LogP contribution in [0.2, 0.25) is 0 Å². The maximum absolute atomic E-state index is 14.6. The highest BCUT2D eigenvalue weighted by Gasteiger charge is 2.53. The summed E-state index contributed by atoms with van der Waals surface area (Å²) < 4.78 is 60.0. The van der Waals surface area contributed by atoms with E-state index in [1.807, 2.05) is 65.0 Å².